The molecule has 0 amide bonds. The molecule has 0 bridgehead atoms. The number of fused-ring (bicyclic) bond motifs is 1. The van der Waals surface area contributed by atoms with Crippen LogP contribution in [0.1, 0.15) is 10.4 Å². The molecule has 26 heavy (non-hydrogen) atoms. The highest BCUT2D eigenvalue weighted by atomic mass is 35.5. The summed E-state index contributed by atoms with van der Waals surface area (Å²) in [6.45, 7) is 0. The molecule has 0 saturated carbocycles. The van der Waals surface area contributed by atoms with E-state index in [0.29, 0.717) is 5.69 Å². The molecule has 0 unspecified atom stereocenters. The van der Waals surface area contributed by atoms with Gasteiger partial charge in [-0.1, -0.05) is 48.0 Å². The van der Waals surface area contributed by atoms with Crippen LogP contribution in [0.25, 0.3) is 28.0 Å². The summed E-state index contributed by atoms with van der Waals surface area (Å²) in [5.74, 6) is -0.566. The normalized spacial score (nSPS) is 10.8. The molecule has 0 fully saturated rings. The smallest absolute Gasteiger partial charge is 0.341 e. The van der Waals surface area contributed by atoms with E-state index in [4.69, 9.17) is 16.3 Å². The van der Waals surface area contributed by atoms with E-state index in [1.54, 1.807) is 10.6 Å². The highest BCUT2D eigenvalue weighted by Crippen LogP contribution is 2.34. The van der Waals surface area contributed by atoms with Crippen LogP contribution in [-0.2, 0) is 4.74 Å². The van der Waals surface area contributed by atoms with E-state index in [0.717, 1.165) is 22.3 Å². The van der Waals surface area contributed by atoms with Crippen molar-refractivity contribution in [2.24, 2.45) is 0 Å². The Labute approximate surface area is 154 Å². The molecule has 3 heterocycles. The van der Waals surface area contributed by atoms with E-state index in [-0.39, 0.29) is 10.7 Å². The lowest BCUT2D eigenvalue weighted by molar-refractivity contribution is 0.0600. The first-order valence-electron chi connectivity index (χ1n) is 7.83. The number of rotatable bonds is 3. The zero-order chi connectivity index (χ0) is 18.1. The van der Waals surface area contributed by atoms with Gasteiger partial charge >= 0.3 is 5.97 Å². The van der Waals surface area contributed by atoms with Crippen LogP contribution >= 0.6 is 11.6 Å². The van der Waals surface area contributed by atoms with Gasteiger partial charge in [0.2, 0.25) is 0 Å². The summed E-state index contributed by atoms with van der Waals surface area (Å²) in [5.41, 5.74) is 3.94. The van der Waals surface area contributed by atoms with E-state index in [2.05, 4.69) is 15.3 Å². The third-order valence-corrected chi connectivity index (χ3v) is 4.28. The van der Waals surface area contributed by atoms with E-state index >= 15 is 0 Å². The quantitative estimate of drug-likeness (QED) is 0.516. The molecule has 7 heteroatoms. The number of esters is 1. The van der Waals surface area contributed by atoms with E-state index in [9.17, 15) is 4.79 Å². The van der Waals surface area contributed by atoms with Gasteiger partial charge in [0, 0.05) is 11.8 Å². The van der Waals surface area contributed by atoms with Crippen LogP contribution in [0.5, 0.6) is 0 Å². The van der Waals surface area contributed by atoms with E-state index in [1.165, 1.54) is 7.11 Å². The molecule has 4 aromatic rings. The monoisotopic (exact) mass is 364 g/mol. The van der Waals surface area contributed by atoms with Crippen molar-refractivity contribution in [3.05, 3.63) is 71.5 Å². The third kappa shape index (κ3) is 2.70. The summed E-state index contributed by atoms with van der Waals surface area (Å²) < 4.78 is 6.55. The second-order valence-electron chi connectivity index (χ2n) is 5.55. The molecule has 0 atom stereocenters. The number of carbonyl (C=O) groups excluding carboxylic acids is 1. The fourth-order valence-corrected chi connectivity index (χ4v) is 2.97. The Hall–Kier alpha value is -3.25. The van der Waals surface area contributed by atoms with Gasteiger partial charge in [0.05, 0.1) is 23.9 Å². The Morgan fingerprint density at radius 2 is 1.85 bits per heavy atom. The summed E-state index contributed by atoms with van der Waals surface area (Å²) in [5, 5.41) is 12.8. The van der Waals surface area contributed by atoms with Crippen molar-refractivity contribution in [1.29, 1.82) is 0 Å². The molecule has 0 N–H and O–H groups in total. The molecule has 0 saturated heterocycles. The molecule has 0 aliphatic rings. The summed E-state index contributed by atoms with van der Waals surface area (Å²) in [6, 6.07) is 17.1. The number of nitrogens with zero attached hydrogens (tertiary/aromatic N) is 4. The standard InChI is InChI=1S/C19H13ClN4O2/c1-26-19(25)13-11-14(21-22-18(13)20)16-15-9-5-6-10-24(15)23-17(16)12-7-3-2-4-8-12/h2-11H,1H3. The van der Waals surface area contributed by atoms with Gasteiger partial charge in [-0.3, -0.25) is 0 Å². The van der Waals surface area contributed by atoms with Crippen molar-refractivity contribution < 1.29 is 9.53 Å². The number of halogens is 1. The second kappa shape index (κ2) is 6.57. The first-order valence-corrected chi connectivity index (χ1v) is 8.21. The highest BCUT2D eigenvalue weighted by Gasteiger charge is 2.21. The largest absolute Gasteiger partial charge is 0.465 e. The van der Waals surface area contributed by atoms with Gasteiger partial charge in [0.1, 0.15) is 11.3 Å². The Balaban J connectivity index is 2.01. The van der Waals surface area contributed by atoms with Crippen LogP contribution in [-0.4, -0.2) is 32.9 Å². The highest BCUT2D eigenvalue weighted by molar-refractivity contribution is 6.32. The fraction of sp³-hybridized carbons (Fsp3) is 0.0526. The van der Waals surface area contributed by atoms with Crippen LogP contribution < -0.4 is 0 Å². The average Bonchev–Trinajstić information content (AvgIpc) is 3.08. The van der Waals surface area contributed by atoms with Crippen LogP contribution in [0.2, 0.25) is 5.15 Å². The number of hydrogen-bond acceptors (Lipinski definition) is 5. The molecule has 0 aliphatic carbocycles. The Morgan fingerprint density at radius 1 is 1.08 bits per heavy atom. The number of pyridine rings is 1. The Morgan fingerprint density at radius 3 is 2.62 bits per heavy atom. The number of benzene rings is 1. The van der Waals surface area contributed by atoms with Crippen LogP contribution in [0.4, 0.5) is 0 Å². The lowest BCUT2D eigenvalue weighted by Gasteiger charge is -2.06. The summed E-state index contributed by atoms with van der Waals surface area (Å²) >= 11 is 6.01. The van der Waals surface area contributed by atoms with Crippen molar-refractivity contribution in [3.63, 3.8) is 0 Å². The van der Waals surface area contributed by atoms with Gasteiger partial charge in [-0.05, 0) is 18.2 Å². The number of aromatic nitrogens is 4. The van der Waals surface area contributed by atoms with Crippen molar-refractivity contribution >= 4 is 23.1 Å². The zero-order valence-electron chi connectivity index (χ0n) is 13.8. The Bertz CT molecular complexity index is 1110. The molecular formula is C19H13ClN4O2. The van der Waals surface area contributed by atoms with Crippen LogP contribution in [0, 0.1) is 0 Å². The number of methoxy groups -OCH3 is 1. The first-order chi connectivity index (χ1) is 12.7. The van der Waals surface area contributed by atoms with Crippen molar-refractivity contribution in [2.45, 2.75) is 0 Å². The molecule has 4 rings (SSSR count). The molecule has 0 radical (unpaired) electrons. The molecule has 3 aromatic heterocycles. The minimum Gasteiger partial charge on any atom is -0.465 e. The summed E-state index contributed by atoms with van der Waals surface area (Å²) in [4.78, 5) is 12.0. The van der Waals surface area contributed by atoms with Gasteiger partial charge in [-0.15, -0.1) is 10.2 Å². The SMILES string of the molecule is COC(=O)c1cc(-c2c(-c3ccccc3)nn3ccccc23)nnc1Cl. The maximum atomic E-state index is 12.0. The van der Waals surface area contributed by atoms with Gasteiger partial charge in [-0.25, -0.2) is 9.31 Å². The number of ether oxygens (including phenoxy) is 1. The second-order valence-corrected chi connectivity index (χ2v) is 5.90. The lowest BCUT2D eigenvalue weighted by atomic mass is 10.0. The minimum atomic E-state index is -0.566. The molecular weight excluding hydrogens is 352 g/mol. The van der Waals surface area contributed by atoms with E-state index < -0.39 is 5.97 Å². The predicted molar refractivity (Wildman–Crippen MR) is 98.0 cm³/mol. The number of hydrogen-bond donors (Lipinski definition) is 0. The Kier molecular flexibility index (Phi) is 4.10. The van der Waals surface area contributed by atoms with Crippen molar-refractivity contribution in [2.75, 3.05) is 7.11 Å². The van der Waals surface area contributed by atoms with Crippen LogP contribution in [0.3, 0.4) is 0 Å². The van der Waals surface area contributed by atoms with E-state index in [1.807, 2.05) is 54.7 Å². The minimum absolute atomic E-state index is 0.00154. The average molecular weight is 365 g/mol. The van der Waals surface area contributed by atoms with Gasteiger partial charge in [-0.2, -0.15) is 5.10 Å². The third-order valence-electron chi connectivity index (χ3n) is 4.00. The summed E-state index contributed by atoms with van der Waals surface area (Å²) in [6.07, 6.45) is 1.86. The fourth-order valence-electron chi connectivity index (χ4n) is 2.80. The zero-order valence-corrected chi connectivity index (χ0v) is 14.5. The van der Waals surface area contributed by atoms with Crippen molar-refractivity contribution in [1.82, 2.24) is 19.8 Å². The lowest BCUT2D eigenvalue weighted by Crippen LogP contribution is -2.05. The molecule has 0 spiro atoms. The molecule has 128 valence electrons. The van der Waals surface area contributed by atoms with Crippen LogP contribution in [0.15, 0.2) is 60.8 Å². The molecule has 6 nitrogen and oxygen atoms in total. The van der Waals surface area contributed by atoms with Gasteiger partial charge in [0.15, 0.2) is 5.15 Å². The van der Waals surface area contributed by atoms with Crippen molar-refractivity contribution in [3.8, 4) is 22.5 Å². The molecule has 0 aliphatic heterocycles. The number of carbonyl (C=O) groups is 1. The summed E-state index contributed by atoms with van der Waals surface area (Å²) in [7, 11) is 1.30. The first kappa shape index (κ1) is 16.2. The maximum Gasteiger partial charge on any atom is 0.341 e. The maximum absolute atomic E-state index is 12.0. The molecule has 1 aromatic carbocycles. The van der Waals surface area contributed by atoms with Gasteiger partial charge in [0.25, 0.3) is 0 Å². The predicted octanol–water partition coefficient (Wildman–Crippen LogP) is 3.90. The van der Waals surface area contributed by atoms with Gasteiger partial charge < -0.3 is 4.74 Å². The topological polar surface area (TPSA) is 69.4 Å².